The van der Waals surface area contributed by atoms with Crippen LogP contribution in [0.1, 0.15) is 12.5 Å². The van der Waals surface area contributed by atoms with Gasteiger partial charge >= 0.3 is 5.97 Å². The van der Waals surface area contributed by atoms with Gasteiger partial charge in [0.2, 0.25) is 0 Å². The minimum Gasteiger partial charge on any atom is -0.493 e. The van der Waals surface area contributed by atoms with E-state index < -0.39 is 12.6 Å². The lowest BCUT2D eigenvalue weighted by atomic mass is 10.1. The third-order valence-electron chi connectivity index (χ3n) is 3.93. The van der Waals surface area contributed by atoms with Gasteiger partial charge in [-0.3, -0.25) is 4.79 Å². The number of anilines is 1. The lowest BCUT2D eigenvalue weighted by Gasteiger charge is -2.13. The van der Waals surface area contributed by atoms with E-state index in [0.717, 1.165) is 0 Å². The van der Waals surface area contributed by atoms with Gasteiger partial charge in [-0.05, 0) is 31.2 Å². The van der Waals surface area contributed by atoms with Crippen molar-refractivity contribution in [3.8, 4) is 11.5 Å². The molecule has 1 heterocycles. The Bertz CT molecular complexity index is 935. The number of nitrogens with zero attached hydrogens (tertiary/aromatic N) is 2. The number of hydrogen-bond acceptors (Lipinski definition) is 5. The number of amides is 1. The van der Waals surface area contributed by atoms with Gasteiger partial charge in [0.15, 0.2) is 18.1 Å². The van der Waals surface area contributed by atoms with Crippen molar-refractivity contribution in [2.24, 2.45) is 5.10 Å². The number of rotatable bonds is 6. The number of benzene rings is 2. The Morgan fingerprint density at radius 2 is 1.93 bits per heavy atom. The zero-order valence-corrected chi connectivity index (χ0v) is 14.9. The number of ether oxygens (including phenoxy) is 2. The number of aliphatic carboxylic acids is 1. The molecule has 0 atom stereocenters. The Balaban J connectivity index is 1.98. The van der Waals surface area contributed by atoms with Crippen LogP contribution in [0.5, 0.6) is 11.5 Å². The van der Waals surface area contributed by atoms with Crippen molar-refractivity contribution >= 4 is 29.4 Å². The maximum absolute atomic E-state index is 12.8. The van der Waals surface area contributed by atoms with Gasteiger partial charge in [-0.1, -0.05) is 30.3 Å². The van der Waals surface area contributed by atoms with Crippen LogP contribution in [0.2, 0.25) is 0 Å². The number of carboxylic acids is 1. The Hall–Kier alpha value is -3.61. The fraction of sp³-hybridized carbons (Fsp3) is 0.150. The van der Waals surface area contributed by atoms with Crippen LogP contribution in [0.15, 0.2) is 59.2 Å². The summed E-state index contributed by atoms with van der Waals surface area (Å²) in [6.45, 7) is 1.22. The average Bonchev–Trinajstić information content (AvgIpc) is 2.95. The molecule has 0 saturated heterocycles. The molecule has 1 aliphatic heterocycles. The molecule has 27 heavy (non-hydrogen) atoms. The number of hydrogen-bond donors (Lipinski definition) is 1. The van der Waals surface area contributed by atoms with E-state index in [-0.39, 0.29) is 11.7 Å². The predicted octanol–water partition coefficient (Wildman–Crippen LogP) is 2.96. The average molecular weight is 366 g/mol. The highest BCUT2D eigenvalue weighted by Gasteiger charge is 2.29. The molecule has 0 spiro atoms. The summed E-state index contributed by atoms with van der Waals surface area (Å²) < 4.78 is 10.6. The smallest absolute Gasteiger partial charge is 0.341 e. The lowest BCUT2D eigenvalue weighted by molar-refractivity contribution is -0.139. The van der Waals surface area contributed by atoms with Gasteiger partial charge in [-0.25, -0.2) is 4.79 Å². The van der Waals surface area contributed by atoms with Crippen molar-refractivity contribution in [3.63, 3.8) is 0 Å². The largest absolute Gasteiger partial charge is 0.493 e. The van der Waals surface area contributed by atoms with Crippen molar-refractivity contribution in [2.75, 3.05) is 18.7 Å². The van der Waals surface area contributed by atoms with Crippen molar-refractivity contribution in [3.05, 3.63) is 59.7 Å². The molecular weight excluding hydrogens is 348 g/mol. The second-order valence-electron chi connectivity index (χ2n) is 5.76. The summed E-state index contributed by atoms with van der Waals surface area (Å²) in [4.78, 5) is 23.7. The molecule has 2 aromatic carbocycles. The zero-order chi connectivity index (χ0) is 19.4. The molecule has 0 unspecified atom stereocenters. The van der Waals surface area contributed by atoms with Crippen molar-refractivity contribution < 1.29 is 24.2 Å². The highest BCUT2D eigenvalue weighted by Crippen LogP contribution is 2.34. The van der Waals surface area contributed by atoms with Crippen LogP contribution in [-0.2, 0) is 9.59 Å². The molecule has 0 bridgehead atoms. The first-order valence-electron chi connectivity index (χ1n) is 8.19. The van der Waals surface area contributed by atoms with E-state index in [0.29, 0.717) is 28.3 Å². The Kier molecular flexibility index (Phi) is 5.21. The number of para-hydroxylation sites is 2. The topological polar surface area (TPSA) is 88.4 Å². The zero-order valence-electron chi connectivity index (χ0n) is 14.9. The number of hydrazone groups is 1. The van der Waals surface area contributed by atoms with E-state index >= 15 is 0 Å². The van der Waals surface area contributed by atoms with Crippen molar-refractivity contribution in [2.45, 2.75) is 6.92 Å². The molecule has 7 heteroatoms. The molecule has 1 amide bonds. The maximum atomic E-state index is 12.8. The summed E-state index contributed by atoms with van der Waals surface area (Å²) in [5.74, 6) is -0.741. The van der Waals surface area contributed by atoms with Crippen LogP contribution in [0, 0.1) is 0 Å². The SMILES string of the molecule is COc1cccc(/C=C2/C(=O)N(c3ccccc3)N=C2C)c1OCC(=O)O. The van der Waals surface area contributed by atoms with E-state index in [1.165, 1.54) is 12.1 Å². The second-order valence-corrected chi connectivity index (χ2v) is 5.76. The van der Waals surface area contributed by atoms with Crippen LogP contribution >= 0.6 is 0 Å². The molecular formula is C20H18N2O5. The molecule has 3 rings (SSSR count). The van der Waals surface area contributed by atoms with Crippen LogP contribution in [0.25, 0.3) is 6.08 Å². The Morgan fingerprint density at radius 3 is 2.59 bits per heavy atom. The first-order valence-corrected chi connectivity index (χ1v) is 8.19. The minimum absolute atomic E-state index is 0.258. The van der Waals surface area contributed by atoms with E-state index in [9.17, 15) is 9.59 Å². The van der Waals surface area contributed by atoms with Gasteiger partial charge in [0, 0.05) is 5.56 Å². The monoisotopic (exact) mass is 366 g/mol. The fourth-order valence-corrected chi connectivity index (χ4v) is 2.68. The maximum Gasteiger partial charge on any atom is 0.341 e. The van der Waals surface area contributed by atoms with E-state index in [2.05, 4.69) is 5.10 Å². The third-order valence-corrected chi connectivity index (χ3v) is 3.93. The summed E-state index contributed by atoms with van der Waals surface area (Å²) in [6.07, 6.45) is 1.63. The van der Waals surface area contributed by atoms with Crippen LogP contribution in [-0.4, -0.2) is 36.4 Å². The van der Waals surface area contributed by atoms with Gasteiger partial charge in [0.1, 0.15) is 0 Å². The standard InChI is InChI=1S/C20H18N2O5/c1-13-16(20(25)22(21-13)15-8-4-3-5-9-15)11-14-7-6-10-17(26-2)19(14)27-12-18(23)24/h3-11H,12H2,1-2H3,(H,23,24)/b16-11+. The van der Waals surface area contributed by atoms with E-state index in [1.54, 1.807) is 43.3 Å². The highest BCUT2D eigenvalue weighted by atomic mass is 16.5. The molecule has 0 aromatic heterocycles. The Labute approximate surface area is 156 Å². The number of carbonyl (C=O) groups excluding carboxylic acids is 1. The summed E-state index contributed by atoms with van der Waals surface area (Å²) in [6, 6.07) is 14.2. The van der Waals surface area contributed by atoms with E-state index in [1.807, 2.05) is 18.2 Å². The van der Waals surface area contributed by atoms with Crippen LogP contribution in [0.3, 0.4) is 0 Å². The summed E-state index contributed by atoms with van der Waals surface area (Å²) in [5.41, 5.74) is 2.14. The molecule has 0 saturated carbocycles. The fourth-order valence-electron chi connectivity index (χ4n) is 2.68. The number of methoxy groups -OCH3 is 1. The first kappa shape index (κ1) is 18.2. The van der Waals surface area contributed by atoms with Gasteiger partial charge in [-0.15, -0.1) is 0 Å². The number of carboxylic acid groups (broad SMARTS) is 1. The van der Waals surface area contributed by atoms with Gasteiger partial charge in [0.05, 0.1) is 24.1 Å². The minimum atomic E-state index is -1.11. The van der Waals surface area contributed by atoms with Gasteiger partial charge < -0.3 is 14.6 Å². The predicted molar refractivity (Wildman–Crippen MR) is 101 cm³/mol. The third kappa shape index (κ3) is 3.82. The normalized spacial score (nSPS) is 15.0. The lowest BCUT2D eigenvalue weighted by Crippen LogP contribution is -2.21. The molecule has 0 aliphatic carbocycles. The van der Waals surface area contributed by atoms with Crippen molar-refractivity contribution in [1.82, 2.24) is 0 Å². The first-order chi connectivity index (χ1) is 13.0. The molecule has 1 N–H and O–H groups in total. The Morgan fingerprint density at radius 1 is 1.19 bits per heavy atom. The quantitative estimate of drug-likeness (QED) is 0.794. The summed E-state index contributed by atoms with van der Waals surface area (Å²) >= 11 is 0. The molecule has 2 aromatic rings. The van der Waals surface area contributed by atoms with Crippen LogP contribution < -0.4 is 14.5 Å². The van der Waals surface area contributed by atoms with Gasteiger partial charge in [-0.2, -0.15) is 10.1 Å². The molecule has 7 nitrogen and oxygen atoms in total. The number of carbonyl (C=O) groups is 2. The van der Waals surface area contributed by atoms with Crippen molar-refractivity contribution in [1.29, 1.82) is 0 Å². The second kappa shape index (κ2) is 7.74. The molecule has 138 valence electrons. The summed E-state index contributed by atoms with van der Waals surface area (Å²) in [5, 5.41) is 14.6. The van der Waals surface area contributed by atoms with E-state index in [4.69, 9.17) is 14.6 Å². The highest BCUT2D eigenvalue weighted by molar-refractivity contribution is 6.32. The summed E-state index contributed by atoms with van der Waals surface area (Å²) in [7, 11) is 1.46. The van der Waals surface area contributed by atoms with Crippen LogP contribution in [0.4, 0.5) is 5.69 Å². The molecule has 0 radical (unpaired) electrons. The molecule has 0 fully saturated rings. The van der Waals surface area contributed by atoms with Gasteiger partial charge in [0.25, 0.3) is 5.91 Å². The molecule has 1 aliphatic rings.